The smallest absolute Gasteiger partial charge is 0.339 e. The molecule has 1 aliphatic carbocycles. The van der Waals surface area contributed by atoms with E-state index in [2.05, 4.69) is 16.4 Å². The Kier molecular flexibility index (Phi) is 3.72. The van der Waals surface area contributed by atoms with Crippen LogP contribution in [0.1, 0.15) is 40.7 Å². The highest BCUT2D eigenvalue weighted by Gasteiger charge is 2.57. The normalized spacial score (nSPS) is 23.5. The van der Waals surface area contributed by atoms with Gasteiger partial charge in [-0.15, -0.1) is 0 Å². The minimum absolute atomic E-state index is 0.130. The molecule has 1 aromatic carbocycles. The second-order valence-corrected chi connectivity index (χ2v) is 9.21. The fourth-order valence-corrected chi connectivity index (χ4v) is 5.57. The van der Waals surface area contributed by atoms with Crippen LogP contribution in [-0.2, 0) is 20.5 Å². The maximum atomic E-state index is 13.5. The van der Waals surface area contributed by atoms with Gasteiger partial charge in [0.25, 0.3) is 0 Å². The van der Waals surface area contributed by atoms with Crippen LogP contribution in [-0.4, -0.2) is 34.8 Å². The third-order valence-corrected chi connectivity index (χ3v) is 7.42. The van der Waals surface area contributed by atoms with E-state index >= 15 is 0 Å². The van der Waals surface area contributed by atoms with E-state index in [1.807, 2.05) is 46.8 Å². The number of carbonyl (C=O) groups is 2. The Morgan fingerprint density at radius 2 is 1.97 bits per heavy atom. The van der Waals surface area contributed by atoms with Gasteiger partial charge in [-0.25, -0.2) is 4.79 Å². The zero-order valence-corrected chi connectivity index (χ0v) is 17.2. The van der Waals surface area contributed by atoms with Crippen LogP contribution in [0.5, 0.6) is 0 Å². The predicted octanol–water partition coefficient (Wildman–Crippen LogP) is 4.14. The number of amides is 1. The number of pyridine rings is 1. The molecule has 0 radical (unpaired) electrons. The molecule has 0 unspecified atom stereocenters. The molecule has 5 nitrogen and oxygen atoms in total. The first-order valence-electron chi connectivity index (χ1n) is 10.2. The molecular formula is C24H20N2O3S. The van der Waals surface area contributed by atoms with Gasteiger partial charge in [0.1, 0.15) is 0 Å². The molecule has 1 amide bonds. The van der Waals surface area contributed by atoms with Gasteiger partial charge in [0, 0.05) is 35.7 Å². The summed E-state index contributed by atoms with van der Waals surface area (Å²) < 4.78 is 5.81. The van der Waals surface area contributed by atoms with Crippen LogP contribution in [0.25, 0.3) is 11.3 Å². The fourth-order valence-electron chi connectivity index (χ4n) is 4.92. The molecule has 4 heterocycles. The number of hydrogen-bond donors (Lipinski definition) is 0. The summed E-state index contributed by atoms with van der Waals surface area (Å²) in [5.74, 6) is -0.154. The van der Waals surface area contributed by atoms with Crippen molar-refractivity contribution in [3.63, 3.8) is 0 Å². The molecule has 150 valence electrons. The average Bonchev–Trinajstić information content (AvgIpc) is 3.13. The lowest BCUT2D eigenvalue weighted by molar-refractivity contribution is -0.134. The summed E-state index contributed by atoms with van der Waals surface area (Å²) in [6.07, 6.45) is 4.18. The summed E-state index contributed by atoms with van der Waals surface area (Å²) >= 11 is 1.65. The van der Waals surface area contributed by atoms with E-state index in [4.69, 9.17) is 4.74 Å². The molecule has 2 fully saturated rings. The van der Waals surface area contributed by atoms with Crippen molar-refractivity contribution in [1.82, 2.24) is 9.88 Å². The molecule has 3 aromatic rings. The third-order valence-electron chi connectivity index (χ3n) is 6.74. The SMILES string of the molecule is O=C1O[C@]2(CCN(C(=O)C3(c4ccc(-c5ccsc5)nc4)CC3)C2)c2ccccc21. The summed E-state index contributed by atoms with van der Waals surface area (Å²) in [5.41, 5.74) is 3.38. The van der Waals surface area contributed by atoms with Gasteiger partial charge in [-0.3, -0.25) is 9.78 Å². The van der Waals surface area contributed by atoms with Gasteiger partial charge in [-0.05, 0) is 42.0 Å². The van der Waals surface area contributed by atoms with Crippen molar-refractivity contribution < 1.29 is 14.3 Å². The third kappa shape index (κ3) is 2.50. The highest BCUT2D eigenvalue weighted by molar-refractivity contribution is 7.08. The Morgan fingerprint density at radius 1 is 1.10 bits per heavy atom. The van der Waals surface area contributed by atoms with E-state index in [0.29, 0.717) is 25.1 Å². The number of carbonyl (C=O) groups excluding carboxylic acids is 2. The number of rotatable bonds is 3. The predicted molar refractivity (Wildman–Crippen MR) is 113 cm³/mol. The van der Waals surface area contributed by atoms with Crippen molar-refractivity contribution in [2.24, 2.45) is 0 Å². The number of ether oxygens (including phenoxy) is 1. The van der Waals surface area contributed by atoms with E-state index < -0.39 is 11.0 Å². The first kappa shape index (κ1) is 17.8. The summed E-state index contributed by atoms with van der Waals surface area (Å²) in [7, 11) is 0. The number of thiophene rings is 1. The molecule has 1 saturated carbocycles. The van der Waals surface area contributed by atoms with Crippen LogP contribution in [0.2, 0.25) is 0 Å². The van der Waals surface area contributed by atoms with Crippen molar-refractivity contribution in [2.45, 2.75) is 30.3 Å². The second kappa shape index (κ2) is 6.25. The van der Waals surface area contributed by atoms with Gasteiger partial charge in [0.15, 0.2) is 5.60 Å². The molecule has 0 bridgehead atoms. The van der Waals surface area contributed by atoms with Gasteiger partial charge in [0.2, 0.25) is 5.91 Å². The number of likely N-dealkylation sites (tertiary alicyclic amines) is 1. The molecule has 0 N–H and O–H groups in total. The van der Waals surface area contributed by atoms with Gasteiger partial charge >= 0.3 is 5.97 Å². The molecular weight excluding hydrogens is 396 g/mol. The Balaban J connectivity index is 1.25. The number of esters is 1. The number of hydrogen-bond acceptors (Lipinski definition) is 5. The van der Waals surface area contributed by atoms with Crippen molar-refractivity contribution >= 4 is 23.2 Å². The highest BCUT2D eigenvalue weighted by Crippen LogP contribution is 2.52. The molecule has 1 atom stereocenters. The lowest BCUT2D eigenvalue weighted by Gasteiger charge is -2.26. The van der Waals surface area contributed by atoms with Crippen molar-refractivity contribution in [2.75, 3.05) is 13.1 Å². The topological polar surface area (TPSA) is 59.5 Å². The number of nitrogens with zero attached hydrogens (tertiary/aromatic N) is 2. The van der Waals surface area contributed by atoms with Gasteiger partial charge in [-0.1, -0.05) is 24.3 Å². The van der Waals surface area contributed by atoms with Crippen LogP contribution in [0.3, 0.4) is 0 Å². The fraction of sp³-hybridized carbons (Fsp3) is 0.292. The molecule has 2 aromatic heterocycles. The van der Waals surface area contributed by atoms with Gasteiger partial charge in [0.05, 0.1) is 23.2 Å². The summed E-state index contributed by atoms with van der Waals surface area (Å²) in [6.45, 7) is 1.03. The molecule has 1 spiro atoms. The Hall–Kier alpha value is -2.99. The van der Waals surface area contributed by atoms with E-state index in [1.54, 1.807) is 17.4 Å². The van der Waals surface area contributed by atoms with Crippen molar-refractivity contribution in [3.05, 3.63) is 76.1 Å². The molecule has 2 aliphatic heterocycles. The summed E-state index contributed by atoms with van der Waals surface area (Å²) in [5, 5.41) is 4.11. The van der Waals surface area contributed by atoms with E-state index in [9.17, 15) is 9.59 Å². The van der Waals surface area contributed by atoms with Crippen LogP contribution >= 0.6 is 11.3 Å². The standard InChI is InChI=1S/C24H20N2O3S/c27-21-18-3-1-2-4-19(18)24(29-21)10-11-26(15-24)22(28)23(8-9-23)17-5-6-20(25-13-17)16-7-12-30-14-16/h1-7,12-14H,8-11,15H2/t24-/m0/s1. The largest absolute Gasteiger partial charge is 0.449 e. The van der Waals surface area contributed by atoms with E-state index in [1.165, 1.54) is 0 Å². The first-order chi connectivity index (χ1) is 14.6. The van der Waals surface area contributed by atoms with Crippen LogP contribution in [0.4, 0.5) is 0 Å². The second-order valence-electron chi connectivity index (χ2n) is 8.43. The minimum Gasteiger partial charge on any atom is -0.449 e. The molecule has 6 heteroatoms. The lowest BCUT2D eigenvalue weighted by Crippen LogP contribution is -2.40. The Morgan fingerprint density at radius 3 is 2.70 bits per heavy atom. The molecule has 1 saturated heterocycles. The molecule has 30 heavy (non-hydrogen) atoms. The quantitative estimate of drug-likeness (QED) is 0.602. The molecule has 3 aliphatic rings. The monoisotopic (exact) mass is 416 g/mol. The maximum Gasteiger partial charge on any atom is 0.339 e. The first-order valence-corrected chi connectivity index (χ1v) is 11.2. The van der Waals surface area contributed by atoms with Crippen LogP contribution < -0.4 is 0 Å². The maximum absolute atomic E-state index is 13.5. The molecule has 6 rings (SSSR count). The van der Waals surface area contributed by atoms with Gasteiger partial charge < -0.3 is 9.64 Å². The van der Waals surface area contributed by atoms with Crippen molar-refractivity contribution in [1.29, 1.82) is 0 Å². The van der Waals surface area contributed by atoms with Crippen molar-refractivity contribution in [3.8, 4) is 11.3 Å². The van der Waals surface area contributed by atoms with Gasteiger partial charge in [-0.2, -0.15) is 11.3 Å². The lowest BCUT2D eigenvalue weighted by atomic mass is 9.91. The summed E-state index contributed by atoms with van der Waals surface area (Å²) in [6, 6.07) is 13.6. The Labute approximate surface area is 178 Å². The zero-order valence-electron chi connectivity index (χ0n) is 16.3. The average molecular weight is 417 g/mol. The Bertz CT molecular complexity index is 1150. The zero-order chi connectivity index (χ0) is 20.3. The highest BCUT2D eigenvalue weighted by atomic mass is 32.1. The van der Waals surface area contributed by atoms with E-state index in [0.717, 1.165) is 35.2 Å². The van der Waals surface area contributed by atoms with Crippen LogP contribution in [0.15, 0.2) is 59.4 Å². The minimum atomic E-state index is -0.694. The summed E-state index contributed by atoms with van der Waals surface area (Å²) in [4.78, 5) is 32.4. The number of benzene rings is 1. The number of aromatic nitrogens is 1. The number of fused-ring (bicyclic) bond motifs is 2. The van der Waals surface area contributed by atoms with E-state index in [-0.39, 0.29) is 11.9 Å². The van der Waals surface area contributed by atoms with Crippen LogP contribution in [0, 0.1) is 0 Å².